The van der Waals surface area contributed by atoms with Gasteiger partial charge >= 0.3 is 5.97 Å². The highest BCUT2D eigenvalue weighted by Gasteiger charge is 2.28. The van der Waals surface area contributed by atoms with Gasteiger partial charge in [-0.2, -0.15) is 5.10 Å². The van der Waals surface area contributed by atoms with Crippen LogP contribution < -0.4 is 9.47 Å². The molecule has 1 saturated carbocycles. The molecule has 0 spiro atoms. The number of esters is 1. The highest BCUT2D eigenvalue weighted by molar-refractivity contribution is 6.39. The van der Waals surface area contributed by atoms with Crippen molar-refractivity contribution in [1.29, 1.82) is 0 Å². The number of nitrogens with zero attached hydrogens (tertiary/aromatic N) is 6. The summed E-state index contributed by atoms with van der Waals surface area (Å²) in [7, 11) is 1.73. The van der Waals surface area contributed by atoms with Gasteiger partial charge in [0.15, 0.2) is 5.75 Å². The molecule has 1 aliphatic carbocycles. The summed E-state index contributed by atoms with van der Waals surface area (Å²) in [5.41, 5.74) is 1.08. The van der Waals surface area contributed by atoms with E-state index in [1.807, 2.05) is 0 Å². The molecule has 3 aromatic rings. The highest BCUT2D eigenvalue weighted by Crippen LogP contribution is 2.40. The maximum atomic E-state index is 12.6. The van der Waals surface area contributed by atoms with Gasteiger partial charge in [-0.1, -0.05) is 23.2 Å². The van der Waals surface area contributed by atoms with E-state index in [1.165, 1.54) is 23.1 Å². The third-order valence-corrected chi connectivity index (χ3v) is 4.95. The van der Waals surface area contributed by atoms with Crippen LogP contribution in [0, 0.1) is 0 Å². The maximum Gasteiger partial charge on any atom is 0.346 e. The Balaban J connectivity index is 1.48. The number of aromatic nitrogens is 6. The molecule has 4 rings (SSSR count). The molecule has 9 nitrogen and oxygen atoms in total. The van der Waals surface area contributed by atoms with Gasteiger partial charge in [0.25, 0.3) is 0 Å². The summed E-state index contributed by atoms with van der Waals surface area (Å²) in [5.74, 6) is 0.406. The van der Waals surface area contributed by atoms with E-state index in [4.69, 9.17) is 32.7 Å². The molecular weight excluding hydrogens is 407 g/mol. The average molecular weight is 423 g/mol. The van der Waals surface area contributed by atoms with Crippen LogP contribution in [-0.4, -0.2) is 42.6 Å². The van der Waals surface area contributed by atoms with E-state index in [1.54, 1.807) is 17.8 Å². The van der Waals surface area contributed by atoms with E-state index in [9.17, 15) is 4.79 Å². The third-order valence-electron chi connectivity index (χ3n) is 4.28. The maximum absolute atomic E-state index is 12.6. The number of aryl methyl sites for hydroxylation is 1. The van der Waals surface area contributed by atoms with E-state index in [2.05, 4.69) is 20.6 Å². The van der Waals surface area contributed by atoms with Gasteiger partial charge in [-0.05, 0) is 35.4 Å². The lowest BCUT2D eigenvalue weighted by Gasteiger charge is -2.12. The summed E-state index contributed by atoms with van der Waals surface area (Å²) in [5, 5.41) is 15.6. The van der Waals surface area contributed by atoms with Crippen LogP contribution >= 0.6 is 23.2 Å². The fourth-order valence-corrected chi connectivity index (χ4v) is 3.20. The Bertz CT molecular complexity index is 1000. The summed E-state index contributed by atoms with van der Waals surface area (Å²) < 4.78 is 14.2. The zero-order valence-corrected chi connectivity index (χ0v) is 16.4. The van der Waals surface area contributed by atoms with Crippen LogP contribution in [0.5, 0.6) is 11.6 Å². The van der Waals surface area contributed by atoms with Crippen LogP contribution in [0.1, 0.15) is 34.8 Å². The van der Waals surface area contributed by atoms with E-state index >= 15 is 0 Å². The second-order valence-corrected chi connectivity index (χ2v) is 7.14. The fourth-order valence-electron chi connectivity index (χ4n) is 2.64. The lowest BCUT2D eigenvalue weighted by molar-refractivity contribution is 0.0720. The molecule has 0 amide bonds. The number of ether oxygens (including phenoxy) is 2. The number of carbonyl (C=O) groups excluding carboxylic acids is 1. The number of carbonyl (C=O) groups is 1. The molecule has 146 valence electrons. The van der Waals surface area contributed by atoms with Crippen molar-refractivity contribution in [3.63, 3.8) is 0 Å². The Hall–Kier alpha value is -2.65. The predicted molar refractivity (Wildman–Crippen MR) is 99.9 cm³/mol. The molecule has 0 aliphatic heterocycles. The Labute approximate surface area is 170 Å². The molecule has 1 fully saturated rings. The minimum atomic E-state index is -0.614. The summed E-state index contributed by atoms with van der Waals surface area (Å²) in [4.78, 5) is 12.6. The number of benzene rings is 1. The van der Waals surface area contributed by atoms with Gasteiger partial charge in [0, 0.05) is 19.0 Å². The van der Waals surface area contributed by atoms with Crippen LogP contribution in [0.25, 0.3) is 0 Å². The van der Waals surface area contributed by atoms with E-state index in [0.717, 1.165) is 18.5 Å². The molecule has 0 unspecified atom stereocenters. The van der Waals surface area contributed by atoms with Crippen LogP contribution in [0.15, 0.2) is 24.5 Å². The van der Waals surface area contributed by atoms with Gasteiger partial charge in [0.2, 0.25) is 5.88 Å². The number of tetrazole rings is 1. The molecule has 28 heavy (non-hydrogen) atoms. The Morgan fingerprint density at radius 2 is 2.14 bits per heavy atom. The minimum absolute atomic E-state index is 0.0822. The molecule has 0 atom stereocenters. The zero-order valence-electron chi connectivity index (χ0n) is 14.9. The predicted octanol–water partition coefficient (Wildman–Crippen LogP) is 2.89. The summed E-state index contributed by atoms with van der Waals surface area (Å²) >= 11 is 12.5. The first-order valence-electron chi connectivity index (χ1n) is 8.60. The lowest BCUT2D eigenvalue weighted by atomic mass is 10.2. The van der Waals surface area contributed by atoms with Crippen molar-refractivity contribution in [2.24, 2.45) is 7.05 Å². The first-order valence-corrected chi connectivity index (χ1v) is 9.36. The smallest absolute Gasteiger partial charge is 0.346 e. The van der Waals surface area contributed by atoms with E-state index in [0.29, 0.717) is 18.3 Å². The van der Waals surface area contributed by atoms with Crippen molar-refractivity contribution in [3.8, 4) is 11.6 Å². The monoisotopic (exact) mass is 422 g/mol. The van der Waals surface area contributed by atoms with Crippen LogP contribution in [0.2, 0.25) is 10.0 Å². The summed E-state index contributed by atoms with van der Waals surface area (Å²) in [6.45, 7) is 0.614. The SMILES string of the molecule is Cn1nc(C2CC2)cc1OC(=O)c1ccc(Cl)c(OCCn2cnnn2)c1Cl. The number of hydrogen-bond donors (Lipinski definition) is 0. The third kappa shape index (κ3) is 3.95. The van der Waals surface area contributed by atoms with Crippen molar-refractivity contribution >= 4 is 29.2 Å². The van der Waals surface area contributed by atoms with Crippen molar-refractivity contribution in [2.45, 2.75) is 25.3 Å². The summed E-state index contributed by atoms with van der Waals surface area (Å²) in [6.07, 6.45) is 3.68. The van der Waals surface area contributed by atoms with Gasteiger partial charge in [0.05, 0.1) is 27.8 Å². The first kappa shape index (κ1) is 18.7. The largest absolute Gasteiger partial charge is 0.488 e. The van der Waals surface area contributed by atoms with Gasteiger partial charge < -0.3 is 9.47 Å². The van der Waals surface area contributed by atoms with Crippen molar-refractivity contribution < 1.29 is 14.3 Å². The quantitative estimate of drug-likeness (QED) is 0.539. The first-order chi connectivity index (χ1) is 13.5. The fraction of sp³-hybridized carbons (Fsp3) is 0.353. The van der Waals surface area contributed by atoms with E-state index < -0.39 is 5.97 Å². The highest BCUT2D eigenvalue weighted by atomic mass is 35.5. The van der Waals surface area contributed by atoms with E-state index in [-0.39, 0.29) is 28.0 Å². The van der Waals surface area contributed by atoms with Crippen LogP contribution in [-0.2, 0) is 13.6 Å². The van der Waals surface area contributed by atoms with Gasteiger partial charge in [-0.25, -0.2) is 14.2 Å². The average Bonchev–Trinajstić information content (AvgIpc) is 3.27. The van der Waals surface area contributed by atoms with Crippen LogP contribution in [0.4, 0.5) is 0 Å². The molecule has 2 aromatic heterocycles. The number of rotatable bonds is 7. The number of hydrogen-bond acceptors (Lipinski definition) is 7. The van der Waals surface area contributed by atoms with Crippen LogP contribution in [0.3, 0.4) is 0 Å². The Morgan fingerprint density at radius 3 is 2.86 bits per heavy atom. The molecule has 0 N–H and O–H groups in total. The van der Waals surface area contributed by atoms with Gasteiger partial charge in [-0.15, -0.1) is 5.10 Å². The second-order valence-electron chi connectivity index (χ2n) is 6.35. The molecule has 11 heteroatoms. The molecule has 0 radical (unpaired) electrons. The van der Waals surface area contributed by atoms with Gasteiger partial charge in [0.1, 0.15) is 12.9 Å². The molecule has 0 bridgehead atoms. The minimum Gasteiger partial charge on any atom is -0.488 e. The van der Waals surface area contributed by atoms with Crippen molar-refractivity contribution in [2.75, 3.05) is 6.61 Å². The topological polar surface area (TPSA) is 97.0 Å². The standard InChI is InChI=1S/C17H16Cl2N6O3/c1-24-14(8-13(21-24)10-2-3-10)28-17(26)11-4-5-12(18)16(15(11)19)27-7-6-25-9-20-22-23-25/h4-5,8-10H,2-3,6-7H2,1H3. The Morgan fingerprint density at radius 1 is 1.32 bits per heavy atom. The molecule has 1 aliphatic rings. The zero-order chi connectivity index (χ0) is 19.7. The van der Waals surface area contributed by atoms with Crippen molar-refractivity contribution in [3.05, 3.63) is 45.8 Å². The molecular formula is C17H16Cl2N6O3. The normalized spacial score (nSPS) is 13.5. The molecule has 2 heterocycles. The summed E-state index contributed by atoms with van der Waals surface area (Å²) in [6, 6.07) is 4.82. The van der Waals surface area contributed by atoms with Crippen molar-refractivity contribution in [1.82, 2.24) is 30.0 Å². The van der Waals surface area contributed by atoms with Gasteiger partial charge in [-0.3, -0.25) is 0 Å². The number of halogens is 2. The lowest BCUT2D eigenvalue weighted by Crippen LogP contribution is -2.13. The molecule has 0 saturated heterocycles. The molecule has 1 aromatic carbocycles. The Kier molecular flexibility index (Phi) is 5.19. The second kappa shape index (κ2) is 7.76.